The van der Waals surface area contributed by atoms with E-state index in [0.29, 0.717) is 5.41 Å². The number of hydrogen-bond donors (Lipinski definition) is 0. The second kappa shape index (κ2) is 7.48. The molecule has 0 amide bonds. The molecule has 0 saturated heterocycles. The van der Waals surface area contributed by atoms with Crippen LogP contribution in [0.2, 0.25) is 0 Å². The molecule has 0 heteroatoms. The van der Waals surface area contributed by atoms with Gasteiger partial charge in [0.2, 0.25) is 0 Å². The lowest BCUT2D eigenvalue weighted by atomic mass is 9.59. The number of allylic oxidation sites excluding steroid dienone is 4. The van der Waals surface area contributed by atoms with Crippen LogP contribution in [0.15, 0.2) is 24.3 Å². The highest BCUT2D eigenvalue weighted by Gasteiger charge is 2.41. The Kier molecular flexibility index (Phi) is 5.93. The normalized spacial score (nSPS) is 31.1. The van der Waals surface area contributed by atoms with Gasteiger partial charge in [-0.3, -0.25) is 0 Å². The molecule has 0 aromatic carbocycles. The van der Waals surface area contributed by atoms with Crippen molar-refractivity contribution in [1.29, 1.82) is 0 Å². The molecule has 20 heavy (non-hydrogen) atoms. The van der Waals surface area contributed by atoms with Crippen LogP contribution in [-0.2, 0) is 0 Å². The lowest BCUT2D eigenvalue weighted by Crippen LogP contribution is -2.35. The van der Waals surface area contributed by atoms with Crippen molar-refractivity contribution in [3.63, 3.8) is 0 Å². The third kappa shape index (κ3) is 3.77. The second-order valence-electron chi connectivity index (χ2n) is 7.33. The first kappa shape index (κ1) is 15.9. The highest BCUT2D eigenvalue weighted by Crippen LogP contribution is 2.51. The first-order chi connectivity index (χ1) is 9.68. The Balaban J connectivity index is 2.20. The molecule has 0 nitrogen and oxygen atoms in total. The molecule has 2 unspecified atom stereocenters. The monoisotopic (exact) mass is 273 g/mol. The van der Waals surface area contributed by atoms with Crippen molar-refractivity contribution in [3.8, 4) is 0 Å². The molecule has 0 saturated carbocycles. The molecule has 1 radical (unpaired) electrons. The molecule has 2 aliphatic carbocycles. The Morgan fingerprint density at radius 3 is 2.75 bits per heavy atom. The third-order valence-electron chi connectivity index (χ3n) is 5.12. The first-order valence-electron chi connectivity index (χ1n) is 8.87. The molecule has 113 valence electrons. The van der Waals surface area contributed by atoms with Crippen molar-refractivity contribution in [2.45, 2.75) is 78.6 Å². The minimum atomic E-state index is 0.437. The average molecular weight is 273 g/mol. The fourth-order valence-electron chi connectivity index (χ4n) is 4.34. The predicted octanol–water partition coefficient (Wildman–Crippen LogP) is 6.49. The minimum Gasteiger partial charge on any atom is -0.0882 e. The zero-order chi connectivity index (χ0) is 14.4. The maximum absolute atomic E-state index is 2.60. The maximum atomic E-state index is 2.60. The summed E-state index contributed by atoms with van der Waals surface area (Å²) in [6.45, 7) is 7.10. The van der Waals surface area contributed by atoms with E-state index in [1.807, 2.05) is 5.92 Å². The van der Waals surface area contributed by atoms with Crippen LogP contribution in [0.25, 0.3) is 0 Å². The topological polar surface area (TPSA) is 0 Å². The van der Waals surface area contributed by atoms with Crippen LogP contribution in [0.5, 0.6) is 0 Å². The zero-order valence-corrected chi connectivity index (χ0v) is 13.8. The highest BCUT2D eigenvalue weighted by molar-refractivity contribution is 5.22. The lowest BCUT2D eigenvalue weighted by Gasteiger charge is -2.45. The van der Waals surface area contributed by atoms with E-state index in [2.05, 4.69) is 45.1 Å². The number of unbranched alkanes of at least 4 members (excludes halogenated alkanes) is 1. The molecule has 0 aromatic heterocycles. The number of hydrogen-bond acceptors (Lipinski definition) is 0. The van der Waals surface area contributed by atoms with E-state index >= 15 is 0 Å². The van der Waals surface area contributed by atoms with E-state index < -0.39 is 0 Å². The molecule has 0 spiro atoms. The summed E-state index contributed by atoms with van der Waals surface area (Å²) in [5.74, 6) is 3.36. The Labute approximate surface area is 126 Å². The summed E-state index contributed by atoms with van der Waals surface area (Å²) in [5, 5.41) is 0. The van der Waals surface area contributed by atoms with Crippen molar-refractivity contribution in [2.75, 3.05) is 0 Å². The standard InChI is InChI=1S/C20H33/c1-4-5-11-18-12-7-8-13-19(18)20(16-17(2)3)14-9-6-10-15-20/h8-9,13-14,17,19H,4-7,10-12,15-16H2,1-3H3. The van der Waals surface area contributed by atoms with Gasteiger partial charge < -0.3 is 0 Å². The van der Waals surface area contributed by atoms with Crippen molar-refractivity contribution >= 4 is 0 Å². The summed E-state index contributed by atoms with van der Waals surface area (Å²) in [6.07, 6.45) is 22.2. The number of rotatable bonds is 6. The van der Waals surface area contributed by atoms with Gasteiger partial charge in [0.05, 0.1) is 0 Å². The molecular formula is C20H33. The van der Waals surface area contributed by atoms with Crippen molar-refractivity contribution in [3.05, 3.63) is 30.2 Å². The van der Waals surface area contributed by atoms with E-state index in [1.165, 1.54) is 57.8 Å². The zero-order valence-electron chi connectivity index (χ0n) is 13.8. The van der Waals surface area contributed by atoms with Gasteiger partial charge in [-0.15, -0.1) is 0 Å². The van der Waals surface area contributed by atoms with Gasteiger partial charge in [-0.2, -0.15) is 0 Å². The average Bonchev–Trinajstić information content (AvgIpc) is 2.45. The van der Waals surface area contributed by atoms with E-state index in [-0.39, 0.29) is 0 Å². The van der Waals surface area contributed by atoms with Crippen LogP contribution in [0.4, 0.5) is 0 Å². The van der Waals surface area contributed by atoms with E-state index in [9.17, 15) is 0 Å². The van der Waals surface area contributed by atoms with Gasteiger partial charge in [0.25, 0.3) is 0 Å². The van der Waals surface area contributed by atoms with Gasteiger partial charge in [-0.05, 0) is 68.1 Å². The van der Waals surface area contributed by atoms with Gasteiger partial charge in [0.1, 0.15) is 0 Å². The molecule has 0 fully saturated rings. The largest absolute Gasteiger partial charge is 0.0882 e. The first-order valence-corrected chi connectivity index (χ1v) is 8.87. The Hall–Kier alpha value is -0.520. The molecule has 0 aromatic rings. The van der Waals surface area contributed by atoms with E-state index in [0.717, 1.165) is 11.8 Å². The molecular weight excluding hydrogens is 240 g/mol. The van der Waals surface area contributed by atoms with Gasteiger partial charge in [-0.1, -0.05) is 57.9 Å². The molecule has 0 heterocycles. The fourth-order valence-corrected chi connectivity index (χ4v) is 4.34. The van der Waals surface area contributed by atoms with Crippen molar-refractivity contribution in [1.82, 2.24) is 0 Å². The van der Waals surface area contributed by atoms with Crippen molar-refractivity contribution in [2.24, 2.45) is 17.3 Å². The van der Waals surface area contributed by atoms with Crippen LogP contribution in [0.1, 0.15) is 78.6 Å². The Bertz CT molecular complexity index is 336. The van der Waals surface area contributed by atoms with Gasteiger partial charge >= 0.3 is 0 Å². The second-order valence-corrected chi connectivity index (χ2v) is 7.33. The summed E-state index contributed by atoms with van der Waals surface area (Å²) in [5.41, 5.74) is 0.437. The van der Waals surface area contributed by atoms with E-state index in [1.54, 1.807) is 0 Å². The molecule has 0 N–H and O–H groups in total. The molecule has 0 aliphatic heterocycles. The highest BCUT2D eigenvalue weighted by atomic mass is 14.4. The molecule has 2 atom stereocenters. The lowest BCUT2D eigenvalue weighted by molar-refractivity contribution is 0.187. The van der Waals surface area contributed by atoms with Gasteiger partial charge in [-0.25, -0.2) is 0 Å². The quantitative estimate of drug-likeness (QED) is 0.485. The fraction of sp³-hybridized carbons (Fsp3) is 0.750. The summed E-state index contributed by atoms with van der Waals surface area (Å²) < 4.78 is 0. The van der Waals surface area contributed by atoms with Crippen LogP contribution < -0.4 is 0 Å². The summed E-state index contributed by atoms with van der Waals surface area (Å²) in [4.78, 5) is 0. The van der Waals surface area contributed by atoms with E-state index in [4.69, 9.17) is 0 Å². The van der Waals surface area contributed by atoms with Gasteiger partial charge in [0.15, 0.2) is 0 Å². The smallest absolute Gasteiger partial charge is 0.00474 e. The van der Waals surface area contributed by atoms with Crippen molar-refractivity contribution < 1.29 is 0 Å². The van der Waals surface area contributed by atoms with Crippen LogP contribution >= 0.6 is 0 Å². The summed E-state index contributed by atoms with van der Waals surface area (Å²) >= 11 is 0. The molecule has 0 bridgehead atoms. The summed E-state index contributed by atoms with van der Waals surface area (Å²) in [6, 6.07) is 0. The maximum Gasteiger partial charge on any atom is -0.00474 e. The molecule has 2 rings (SSSR count). The van der Waals surface area contributed by atoms with Gasteiger partial charge in [0, 0.05) is 0 Å². The molecule has 2 aliphatic rings. The summed E-state index contributed by atoms with van der Waals surface area (Å²) in [7, 11) is 0. The van der Waals surface area contributed by atoms with Crippen LogP contribution in [0.3, 0.4) is 0 Å². The third-order valence-corrected chi connectivity index (χ3v) is 5.12. The Morgan fingerprint density at radius 1 is 1.25 bits per heavy atom. The minimum absolute atomic E-state index is 0.437. The Morgan fingerprint density at radius 2 is 2.10 bits per heavy atom. The SMILES string of the molecule is CCCC[C]1CCC=CC1C1(CC(C)C)C=CCCC1. The van der Waals surface area contributed by atoms with Crippen LogP contribution in [-0.4, -0.2) is 0 Å². The van der Waals surface area contributed by atoms with Crippen LogP contribution in [0, 0.1) is 23.2 Å². The predicted molar refractivity (Wildman–Crippen MR) is 89.5 cm³/mol.